The lowest BCUT2D eigenvalue weighted by Crippen LogP contribution is -2.29. The van der Waals surface area contributed by atoms with E-state index in [2.05, 4.69) is 5.32 Å². The van der Waals surface area contributed by atoms with Gasteiger partial charge in [0, 0.05) is 13.2 Å². The Morgan fingerprint density at radius 2 is 1.65 bits per heavy atom. The molecule has 0 fully saturated rings. The van der Waals surface area contributed by atoms with Crippen LogP contribution in [0.5, 0.6) is 5.75 Å². The highest BCUT2D eigenvalue weighted by molar-refractivity contribution is 5.77. The number of hydrogen-bond donors (Lipinski definition) is 1. The SMILES string of the molecule is CC(OCCCNC(=O)COCCOc1ccccc1)c1ccccc1. The van der Waals surface area contributed by atoms with Crippen LogP contribution in [0.3, 0.4) is 0 Å². The monoisotopic (exact) mass is 357 g/mol. The molecule has 2 aromatic rings. The molecular formula is C21H27NO4. The highest BCUT2D eigenvalue weighted by Gasteiger charge is 2.05. The third-order valence-electron chi connectivity index (χ3n) is 3.75. The van der Waals surface area contributed by atoms with Crippen LogP contribution in [-0.4, -0.2) is 38.9 Å². The van der Waals surface area contributed by atoms with E-state index < -0.39 is 0 Å². The summed E-state index contributed by atoms with van der Waals surface area (Å²) in [6.07, 6.45) is 0.819. The Kier molecular flexibility index (Phi) is 9.25. The van der Waals surface area contributed by atoms with Crippen LogP contribution in [0.2, 0.25) is 0 Å². The van der Waals surface area contributed by atoms with E-state index in [-0.39, 0.29) is 18.6 Å². The minimum Gasteiger partial charge on any atom is -0.491 e. The summed E-state index contributed by atoms with van der Waals surface area (Å²) >= 11 is 0. The van der Waals surface area contributed by atoms with E-state index in [0.717, 1.165) is 17.7 Å². The number of carbonyl (C=O) groups is 1. The molecule has 1 amide bonds. The Labute approximate surface area is 155 Å². The molecule has 1 N–H and O–H groups in total. The largest absolute Gasteiger partial charge is 0.491 e. The van der Waals surface area contributed by atoms with Crippen LogP contribution in [0, 0.1) is 0 Å². The van der Waals surface area contributed by atoms with E-state index in [1.54, 1.807) is 0 Å². The van der Waals surface area contributed by atoms with Crippen molar-refractivity contribution < 1.29 is 19.0 Å². The summed E-state index contributed by atoms with van der Waals surface area (Å²) in [6.45, 7) is 4.04. The van der Waals surface area contributed by atoms with Gasteiger partial charge in [-0.3, -0.25) is 4.79 Å². The van der Waals surface area contributed by atoms with Gasteiger partial charge in [0.15, 0.2) is 0 Å². The quantitative estimate of drug-likeness (QED) is 0.592. The summed E-state index contributed by atoms with van der Waals surface area (Å²) in [7, 11) is 0. The molecule has 0 bridgehead atoms. The van der Waals surface area contributed by atoms with Crippen LogP contribution < -0.4 is 10.1 Å². The van der Waals surface area contributed by atoms with Crippen molar-refractivity contribution in [2.75, 3.05) is 33.0 Å². The van der Waals surface area contributed by atoms with Crippen molar-refractivity contribution in [3.63, 3.8) is 0 Å². The lowest BCUT2D eigenvalue weighted by atomic mass is 10.1. The minimum absolute atomic E-state index is 0.0411. The van der Waals surface area contributed by atoms with Gasteiger partial charge in [-0.1, -0.05) is 48.5 Å². The smallest absolute Gasteiger partial charge is 0.246 e. The van der Waals surface area contributed by atoms with Crippen molar-refractivity contribution in [3.05, 3.63) is 66.2 Å². The second-order valence-corrected chi connectivity index (χ2v) is 5.84. The molecule has 2 rings (SSSR count). The van der Waals surface area contributed by atoms with Crippen LogP contribution in [0.25, 0.3) is 0 Å². The third-order valence-corrected chi connectivity index (χ3v) is 3.75. The van der Waals surface area contributed by atoms with E-state index in [1.807, 2.05) is 67.6 Å². The summed E-state index contributed by atoms with van der Waals surface area (Å²) in [5.41, 5.74) is 1.16. The van der Waals surface area contributed by atoms with Crippen LogP contribution in [0.15, 0.2) is 60.7 Å². The Balaban J connectivity index is 1.44. The maximum atomic E-state index is 11.7. The number of rotatable bonds is 12. The first kappa shape index (κ1) is 19.9. The zero-order valence-corrected chi connectivity index (χ0v) is 15.2. The molecule has 0 radical (unpaired) electrons. The number of nitrogens with one attached hydrogen (secondary N) is 1. The van der Waals surface area contributed by atoms with Gasteiger partial charge in [0.05, 0.1) is 12.7 Å². The molecular weight excluding hydrogens is 330 g/mol. The summed E-state index contributed by atoms with van der Waals surface area (Å²) in [5, 5.41) is 2.82. The zero-order valence-electron chi connectivity index (χ0n) is 15.2. The van der Waals surface area contributed by atoms with Crippen molar-refractivity contribution in [2.45, 2.75) is 19.4 Å². The number of benzene rings is 2. The standard InChI is InChI=1S/C21H27NO4/c1-18(19-9-4-2-5-10-19)25-14-8-13-22-21(23)17-24-15-16-26-20-11-6-3-7-12-20/h2-7,9-12,18H,8,13-17H2,1H3,(H,22,23). The van der Waals surface area contributed by atoms with Gasteiger partial charge in [-0.05, 0) is 31.0 Å². The van der Waals surface area contributed by atoms with Gasteiger partial charge < -0.3 is 19.5 Å². The Morgan fingerprint density at radius 3 is 2.38 bits per heavy atom. The molecule has 26 heavy (non-hydrogen) atoms. The van der Waals surface area contributed by atoms with Crippen molar-refractivity contribution in [3.8, 4) is 5.75 Å². The molecule has 5 nitrogen and oxygen atoms in total. The number of ether oxygens (including phenoxy) is 3. The second kappa shape index (κ2) is 12.1. The number of para-hydroxylation sites is 1. The highest BCUT2D eigenvalue weighted by Crippen LogP contribution is 2.15. The molecule has 5 heteroatoms. The van der Waals surface area contributed by atoms with Gasteiger partial charge in [-0.25, -0.2) is 0 Å². The van der Waals surface area contributed by atoms with Crippen molar-refractivity contribution >= 4 is 5.91 Å². The topological polar surface area (TPSA) is 56.8 Å². The van der Waals surface area contributed by atoms with E-state index in [4.69, 9.17) is 14.2 Å². The molecule has 0 aliphatic rings. The van der Waals surface area contributed by atoms with E-state index in [9.17, 15) is 4.79 Å². The molecule has 0 saturated heterocycles. The predicted molar refractivity (Wildman–Crippen MR) is 101 cm³/mol. The molecule has 0 saturated carbocycles. The maximum Gasteiger partial charge on any atom is 0.246 e. The van der Waals surface area contributed by atoms with E-state index in [1.165, 1.54) is 0 Å². The first-order valence-electron chi connectivity index (χ1n) is 8.94. The number of amides is 1. The van der Waals surface area contributed by atoms with Crippen LogP contribution in [-0.2, 0) is 14.3 Å². The summed E-state index contributed by atoms with van der Waals surface area (Å²) in [4.78, 5) is 11.7. The zero-order chi connectivity index (χ0) is 18.5. The van der Waals surface area contributed by atoms with Crippen molar-refractivity contribution in [1.29, 1.82) is 0 Å². The molecule has 1 unspecified atom stereocenters. The lowest BCUT2D eigenvalue weighted by molar-refractivity contribution is -0.125. The van der Waals surface area contributed by atoms with Crippen LogP contribution >= 0.6 is 0 Å². The van der Waals surface area contributed by atoms with Crippen molar-refractivity contribution in [1.82, 2.24) is 5.32 Å². The first-order valence-corrected chi connectivity index (χ1v) is 8.94. The second-order valence-electron chi connectivity index (χ2n) is 5.84. The Morgan fingerprint density at radius 1 is 0.962 bits per heavy atom. The molecule has 0 aliphatic heterocycles. The summed E-state index contributed by atoms with van der Waals surface area (Å²) < 4.78 is 16.6. The number of hydrogen-bond acceptors (Lipinski definition) is 4. The fourth-order valence-electron chi connectivity index (χ4n) is 2.33. The average Bonchev–Trinajstić information content (AvgIpc) is 2.69. The summed E-state index contributed by atoms with van der Waals surface area (Å²) in [6, 6.07) is 19.6. The van der Waals surface area contributed by atoms with Gasteiger partial charge in [-0.2, -0.15) is 0 Å². The molecule has 0 aliphatic carbocycles. The Hall–Kier alpha value is -2.37. The van der Waals surface area contributed by atoms with Gasteiger partial charge in [-0.15, -0.1) is 0 Å². The van der Waals surface area contributed by atoms with Crippen LogP contribution in [0.4, 0.5) is 0 Å². The molecule has 1 atom stereocenters. The van der Waals surface area contributed by atoms with E-state index >= 15 is 0 Å². The Bertz CT molecular complexity index is 618. The normalized spacial score (nSPS) is 11.7. The summed E-state index contributed by atoms with van der Waals surface area (Å²) in [5.74, 6) is 0.672. The molecule has 0 spiro atoms. The fourth-order valence-corrected chi connectivity index (χ4v) is 2.33. The van der Waals surface area contributed by atoms with Crippen molar-refractivity contribution in [2.24, 2.45) is 0 Å². The first-order chi connectivity index (χ1) is 12.8. The molecule has 0 aromatic heterocycles. The molecule has 140 valence electrons. The van der Waals surface area contributed by atoms with Gasteiger partial charge >= 0.3 is 0 Å². The van der Waals surface area contributed by atoms with Gasteiger partial charge in [0.2, 0.25) is 5.91 Å². The molecule has 2 aromatic carbocycles. The van der Waals surface area contributed by atoms with Crippen LogP contribution in [0.1, 0.15) is 25.0 Å². The van der Waals surface area contributed by atoms with Gasteiger partial charge in [0.1, 0.15) is 19.0 Å². The average molecular weight is 357 g/mol. The minimum atomic E-state index is -0.124. The maximum absolute atomic E-state index is 11.7. The molecule has 0 heterocycles. The fraction of sp³-hybridized carbons (Fsp3) is 0.381. The lowest BCUT2D eigenvalue weighted by Gasteiger charge is -2.13. The van der Waals surface area contributed by atoms with E-state index in [0.29, 0.717) is 26.4 Å². The number of carbonyl (C=O) groups excluding carboxylic acids is 1. The predicted octanol–water partition coefficient (Wildman–Crippen LogP) is 3.37. The highest BCUT2D eigenvalue weighted by atomic mass is 16.5. The third kappa shape index (κ3) is 8.14. The van der Waals surface area contributed by atoms with Gasteiger partial charge in [0.25, 0.3) is 0 Å².